The summed E-state index contributed by atoms with van der Waals surface area (Å²) in [6.07, 6.45) is -6.11. The van der Waals surface area contributed by atoms with Crippen LogP contribution in [-0.4, -0.2) is 54.5 Å². The smallest absolute Gasteiger partial charge is 0.355 e. The van der Waals surface area contributed by atoms with Crippen molar-refractivity contribution < 1.29 is 39.6 Å². The van der Waals surface area contributed by atoms with Gasteiger partial charge in [0.05, 0.1) is 17.0 Å². The molecule has 3 unspecified atom stereocenters. The zero-order valence-electron chi connectivity index (χ0n) is 7.89. The lowest BCUT2D eigenvalue weighted by Crippen LogP contribution is -2.43. The van der Waals surface area contributed by atoms with Crippen LogP contribution < -0.4 is 0 Å². The Hall–Kier alpha value is -0.760. The molecule has 1 rings (SSSR count). The van der Waals surface area contributed by atoms with E-state index in [1.165, 1.54) is 0 Å². The zero-order chi connectivity index (χ0) is 12.7. The van der Waals surface area contributed by atoms with E-state index in [4.69, 9.17) is 14.9 Å². The van der Waals surface area contributed by atoms with Gasteiger partial charge in [-0.3, -0.25) is 4.57 Å². The molecule has 0 radical (unpaired) electrons. The Morgan fingerprint density at radius 3 is 2.12 bits per heavy atom. The van der Waals surface area contributed by atoms with E-state index in [9.17, 15) is 24.7 Å². The summed E-state index contributed by atoms with van der Waals surface area (Å²) in [7, 11) is -4.99. The quantitative estimate of drug-likeness (QED) is 0.309. The van der Waals surface area contributed by atoms with Crippen LogP contribution >= 0.6 is 7.60 Å². The molecular weight excluding hydrogens is 243 g/mol. The van der Waals surface area contributed by atoms with Crippen molar-refractivity contribution in [2.45, 2.75) is 24.7 Å². The molecule has 0 aliphatic heterocycles. The predicted molar refractivity (Wildman–Crippen MR) is 49.3 cm³/mol. The van der Waals surface area contributed by atoms with Crippen molar-refractivity contribution in [2.24, 2.45) is 0 Å². The number of hydrogen-bond donors (Lipinski definition) is 6. The fraction of sp³-hybridized carbons (Fsp3) is 0.571. The van der Waals surface area contributed by atoms with Crippen LogP contribution in [0.1, 0.15) is 6.42 Å². The summed E-state index contributed by atoms with van der Waals surface area (Å²) in [5.41, 5.74) is -0.765. The Bertz CT molecular complexity index is 382. The summed E-state index contributed by atoms with van der Waals surface area (Å²) in [5, 5.41) is 35.4. The number of hydrogen-bond acceptors (Lipinski definition) is 5. The molecule has 0 aromatic rings. The second-order valence-corrected chi connectivity index (χ2v) is 4.99. The number of carbonyl (C=O) groups is 1. The van der Waals surface area contributed by atoms with Crippen molar-refractivity contribution >= 4 is 13.6 Å². The molecule has 0 spiro atoms. The van der Waals surface area contributed by atoms with Crippen LogP contribution in [0.3, 0.4) is 0 Å². The molecule has 0 aromatic carbocycles. The maximum atomic E-state index is 11.0. The molecule has 0 amide bonds. The second kappa shape index (κ2) is 4.25. The number of aliphatic hydroxyl groups excluding tert-OH is 3. The highest BCUT2D eigenvalue weighted by molar-refractivity contribution is 7.56. The maximum Gasteiger partial charge on any atom is 0.355 e. The minimum Gasteiger partial charge on any atom is -0.478 e. The highest BCUT2D eigenvalue weighted by atomic mass is 31.2. The third kappa shape index (κ3) is 2.32. The van der Waals surface area contributed by atoms with Gasteiger partial charge in [-0.25, -0.2) is 4.79 Å². The molecule has 9 heteroatoms. The Balaban J connectivity index is 3.35. The molecule has 0 saturated carbocycles. The molecule has 0 bridgehead atoms. The van der Waals surface area contributed by atoms with Crippen molar-refractivity contribution in [3.8, 4) is 0 Å². The molecule has 0 fully saturated rings. The normalized spacial score (nSPS) is 31.7. The van der Waals surface area contributed by atoms with Gasteiger partial charge >= 0.3 is 13.6 Å². The van der Waals surface area contributed by atoms with Crippen molar-refractivity contribution in [1.82, 2.24) is 0 Å². The van der Waals surface area contributed by atoms with E-state index in [-0.39, 0.29) is 0 Å². The molecule has 8 nitrogen and oxygen atoms in total. The molecule has 0 saturated heterocycles. The summed E-state index contributed by atoms with van der Waals surface area (Å²) < 4.78 is 11.0. The first kappa shape index (κ1) is 13.3. The van der Waals surface area contributed by atoms with E-state index >= 15 is 0 Å². The van der Waals surface area contributed by atoms with Gasteiger partial charge in [0.25, 0.3) is 0 Å². The Morgan fingerprint density at radius 2 is 1.75 bits per heavy atom. The van der Waals surface area contributed by atoms with Crippen LogP contribution in [0.25, 0.3) is 0 Å². The second-order valence-electron chi connectivity index (χ2n) is 3.42. The topological polar surface area (TPSA) is 156 Å². The average molecular weight is 254 g/mol. The number of carboxylic acid groups (broad SMARTS) is 1. The largest absolute Gasteiger partial charge is 0.478 e. The lowest BCUT2D eigenvalue weighted by molar-refractivity contribution is -0.134. The molecule has 3 atom stereocenters. The van der Waals surface area contributed by atoms with Gasteiger partial charge in [0.2, 0.25) is 0 Å². The minimum absolute atomic E-state index is 0.631. The van der Waals surface area contributed by atoms with Gasteiger partial charge in [-0.05, 0) is 0 Å². The summed E-state index contributed by atoms with van der Waals surface area (Å²) in [6, 6.07) is 0. The van der Waals surface area contributed by atoms with Gasteiger partial charge in [-0.2, -0.15) is 0 Å². The maximum absolute atomic E-state index is 11.0. The molecule has 6 N–H and O–H groups in total. The first-order valence-corrected chi connectivity index (χ1v) is 5.84. The minimum atomic E-state index is -4.99. The molecular formula is C7H11O8P. The van der Waals surface area contributed by atoms with E-state index in [1.54, 1.807) is 0 Å². The van der Waals surface area contributed by atoms with Gasteiger partial charge in [-0.1, -0.05) is 0 Å². The predicted octanol–water partition coefficient (Wildman–Crippen LogP) is -2.01. The number of rotatable bonds is 2. The Kier molecular flexibility index (Phi) is 3.53. The van der Waals surface area contributed by atoms with E-state index < -0.39 is 49.2 Å². The summed E-state index contributed by atoms with van der Waals surface area (Å²) in [6.45, 7) is 0. The van der Waals surface area contributed by atoms with E-state index in [2.05, 4.69) is 0 Å². The molecule has 92 valence electrons. The fourth-order valence-corrected chi connectivity index (χ4v) is 2.57. The number of carboxylic acids is 1. The summed E-state index contributed by atoms with van der Waals surface area (Å²) in [5.74, 6) is -1.65. The van der Waals surface area contributed by atoms with Crippen molar-refractivity contribution in [3.05, 3.63) is 10.9 Å². The monoisotopic (exact) mass is 254 g/mol. The molecule has 1 aliphatic rings. The van der Waals surface area contributed by atoms with Crippen LogP contribution in [0.2, 0.25) is 0 Å². The van der Waals surface area contributed by atoms with E-state index in [1.807, 2.05) is 0 Å². The Labute approximate surface area is 89.6 Å². The Morgan fingerprint density at radius 1 is 1.25 bits per heavy atom. The SMILES string of the molecule is O=C(O)C1=C(P(=O)(O)O)C(O)C(O)C(O)C1. The van der Waals surface area contributed by atoms with Crippen molar-refractivity contribution in [2.75, 3.05) is 0 Å². The first-order valence-electron chi connectivity index (χ1n) is 4.23. The third-order valence-corrected chi connectivity index (χ3v) is 3.45. The van der Waals surface area contributed by atoms with Crippen LogP contribution in [0.4, 0.5) is 0 Å². The lowest BCUT2D eigenvalue weighted by Gasteiger charge is -2.31. The van der Waals surface area contributed by atoms with Crippen LogP contribution in [0.5, 0.6) is 0 Å². The van der Waals surface area contributed by atoms with Gasteiger partial charge < -0.3 is 30.2 Å². The van der Waals surface area contributed by atoms with Gasteiger partial charge in [0, 0.05) is 6.42 Å². The van der Waals surface area contributed by atoms with E-state index in [0.29, 0.717) is 0 Å². The molecule has 0 aromatic heterocycles. The standard InChI is InChI=1S/C7H11O8P/c8-3-1-2(7(11)12)6(16(13,14)15)5(10)4(3)9/h3-5,8-10H,1H2,(H,11,12)(H2,13,14,15). The molecule has 1 aliphatic carbocycles. The number of aliphatic hydroxyl groups is 3. The third-order valence-electron chi connectivity index (χ3n) is 2.29. The molecule has 0 heterocycles. The van der Waals surface area contributed by atoms with Crippen molar-refractivity contribution in [3.63, 3.8) is 0 Å². The van der Waals surface area contributed by atoms with Gasteiger partial charge in [0.1, 0.15) is 12.2 Å². The van der Waals surface area contributed by atoms with Crippen LogP contribution in [-0.2, 0) is 9.36 Å². The first-order chi connectivity index (χ1) is 7.16. The molecule has 16 heavy (non-hydrogen) atoms. The highest BCUT2D eigenvalue weighted by Crippen LogP contribution is 2.51. The van der Waals surface area contributed by atoms with Crippen LogP contribution in [0, 0.1) is 0 Å². The van der Waals surface area contributed by atoms with Gasteiger partial charge in [-0.15, -0.1) is 0 Å². The highest BCUT2D eigenvalue weighted by Gasteiger charge is 2.44. The zero-order valence-corrected chi connectivity index (χ0v) is 8.78. The van der Waals surface area contributed by atoms with Crippen LogP contribution in [0.15, 0.2) is 10.9 Å². The number of aliphatic carboxylic acids is 1. The van der Waals surface area contributed by atoms with Crippen molar-refractivity contribution in [1.29, 1.82) is 0 Å². The van der Waals surface area contributed by atoms with Gasteiger partial charge in [0.15, 0.2) is 0 Å². The lowest BCUT2D eigenvalue weighted by atomic mass is 9.92. The summed E-state index contributed by atoms with van der Waals surface area (Å²) in [4.78, 5) is 28.5. The summed E-state index contributed by atoms with van der Waals surface area (Å²) >= 11 is 0. The average Bonchev–Trinajstić information content (AvgIpc) is 2.10. The van der Waals surface area contributed by atoms with E-state index in [0.717, 1.165) is 0 Å². The fourth-order valence-electron chi connectivity index (χ4n) is 1.53.